The van der Waals surface area contributed by atoms with Gasteiger partial charge in [-0.3, -0.25) is 9.59 Å². The molecule has 7 heteroatoms. The normalized spacial score (nSPS) is 12.6. The van der Waals surface area contributed by atoms with E-state index < -0.39 is 30.5 Å². The Morgan fingerprint density at radius 2 is 2.05 bits per heavy atom. The zero-order chi connectivity index (χ0) is 14.7. The summed E-state index contributed by atoms with van der Waals surface area (Å²) in [4.78, 5) is 25.8. The molecular formula is C13H12F2N2O3. The third kappa shape index (κ3) is 3.00. The number of halogens is 2. The maximum Gasteiger partial charge on any atom is 0.267 e. The van der Waals surface area contributed by atoms with Crippen molar-refractivity contribution < 1.29 is 18.7 Å². The van der Waals surface area contributed by atoms with Crippen LogP contribution in [0.25, 0.3) is 10.8 Å². The summed E-state index contributed by atoms with van der Waals surface area (Å²) < 4.78 is 24.2. The quantitative estimate of drug-likeness (QED) is 0.778. The van der Waals surface area contributed by atoms with E-state index in [2.05, 4.69) is 10.3 Å². The van der Waals surface area contributed by atoms with Gasteiger partial charge in [0.2, 0.25) is 0 Å². The van der Waals surface area contributed by atoms with Gasteiger partial charge < -0.3 is 15.4 Å². The number of rotatable bonds is 4. The van der Waals surface area contributed by atoms with Crippen molar-refractivity contribution in [2.24, 2.45) is 0 Å². The number of carbonyl (C=O) groups excluding carboxylic acids is 1. The molecule has 0 fully saturated rings. The maximum absolute atomic E-state index is 12.1. The van der Waals surface area contributed by atoms with Crippen LogP contribution in [0.15, 0.2) is 35.1 Å². The standard InChI is InChI=1S/C13H12F2N2O3/c14-11(15)10(18)6-16-13(20)9-5-7-3-1-2-4-8(7)12(19)17-9/h1-5,10-11,18H,6H2,(H,16,20)(H,17,19). The van der Waals surface area contributed by atoms with Gasteiger partial charge in [0.25, 0.3) is 17.9 Å². The molecule has 2 rings (SSSR count). The lowest BCUT2D eigenvalue weighted by molar-refractivity contribution is -0.00272. The molecule has 1 unspecified atom stereocenters. The molecular weight excluding hydrogens is 270 g/mol. The van der Waals surface area contributed by atoms with Crippen LogP contribution >= 0.6 is 0 Å². The molecule has 106 valence electrons. The molecule has 1 amide bonds. The molecule has 20 heavy (non-hydrogen) atoms. The third-order valence-corrected chi connectivity index (χ3v) is 2.76. The van der Waals surface area contributed by atoms with Crippen LogP contribution in [0.4, 0.5) is 8.78 Å². The minimum absolute atomic E-state index is 0.0461. The first kappa shape index (κ1) is 14.1. The third-order valence-electron chi connectivity index (χ3n) is 2.76. The first-order valence-electron chi connectivity index (χ1n) is 5.85. The number of carbonyl (C=O) groups is 1. The lowest BCUT2D eigenvalue weighted by atomic mass is 10.1. The van der Waals surface area contributed by atoms with Crippen molar-refractivity contribution in [3.63, 3.8) is 0 Å². The molecule has 5 nitrogen and oxygen atoms in total. The number of nitrogens with one attached hydrogen (secondary N) is 2. The lowest BCUT2D eigenvalue weighted by Gasteiger charge is -2.10. The highest BCUT2D eigenvalue weighted by Crippen LogP contribution is 2.09. The number of aliphatic hydroxyl groups excluding tert-OH is 1. The number of alkyl halides is 2. The van der Waals surface area contributed by atoms with Gasteiger partial charge in [-0.25, -0.2) is 8.78 Å². The average Bonchev–Trinajstić information content (AvgIpc) is 2.44. The van der Waals surface area contributed by atoms with Crippen LogP contribution in [-0.4, -0.2) is 35.1 Å². The van der Waals surface area contributed by atoms with Crippen molar-refractivity contribution in [1.82, 2.24) is 10.3 Å². The van der Waals surface area contributed by atoms with Gasteiger partial charge in [0.1, 0.15) is 11.8 Å². The van der Waals surface area contributed by atoms with E-state index in [9.17, 15) is 18.4 Å². The molecule has 0 saturated carbocycles. The van der Waals surface area contributed by atoms with Gasteiger partial charge >= 0.3 is 0 Å². The van der Waals surface area contributed by atoms with Gasteiger partial charge in [0.05, 0.1) is 0 Å². The van der Waals surface area contributed by atoms with E-state index in [1.807, 2.05) is 0 Å². The highest BCUT2D eigenvalue weighted by atomic mass is 19.3. The number of fused-ring (bicyclic) bond motifs is 1. The lowest BCUT2D eigenvalue weighted by Crippen LogP contribution is -2.36. The molecule has 3 N–H and O–H groups in total. The van der Waals surface area contributed by atoms with Gasteiger partial charge in [-0.15, -0.1) is 0 Å². The van der Waals surface area contributed by atoms with Gasteiger partial charge in [-0.2, -0.15) is 0 Å². The van der Waals surface area contributed by atoms with Crippen molar-refractivity contribution >= 4 is 16.7 Å². The second kappa shape index (κ2) is 5.79. The Labute approximate surface area is 112 Å². The van der Waals surface area contributed by atoms with Crippen LogP contribution in [0.1, 0.15) is 10.5 Å². The van der Waals surface area contributed by atoms with Crippen molar-refractivity contribution in [2.45, 2.75) is 12.5 Å². The fourth-order valence-corrected chi connectivity index (χ4v) is 1.71. The zero-order valence-corrected chi connectivity index (χ0v) is 10.3. The number of benzene rings is 1. The minimum Gasteiger partial charge on any atom is -0.385 e. The van der Waals surface area contributed by atoms with E-state index in [4.69, 9.17) is 5.11 Å². The Morgan fingerprint density at radius 1 is 1.35 bits per heavy atom. The first-order chi connectivity index (χ1) is 9.49. The Kier molecular flexibility index (Phi) is 4.09. The largest absolute Gasteiger partial charge is 0.385 e. The molecule has 1 atom stereocenters. The molecule has 1 heterocycles. The molecule has 1 aromatic carbocycles. The summed E-state index contributed by atoms with van der Waals surface area (Å²) in [6, 6.07) is 8.12. The van der Waals surface area contributed by atoms with E-state index in [0.29, 0.717) is 10.8 Å². The summed E-state index contributed by atoms with van der Waals surface area (Å²) in [6.07, 6.45) is -4.88. The molecule has 0 aliphatic rings. The fraction of sp³-hybridized carbons (Fsp3) is 0.231. The number of aromatic nitrogens is 1. The number of aromatic amines is 1. The SMILES string of the molecule is O=C(NCC(O)C(F)F)c1cc2ccccc2c(=O)[nH]1. The number of pyridine rings is 1. The molecule has 0 saturated heterocycles. The maximum atomic E-state index is 12.1. The van der Waals surface area contributed by atoms with Crippen molar-refractivity contribution in [3.8, 4) is 0 Å². The Bertz CT molecular complexity index is 685. The summed E-state index contributed by atoms with van der Waals surface area (Å²) in [7, 11) is 0. The van der Waals surface area contributed by atoms with Crippen LogP contribution in [-0.2, 0) is 0 Å². The molecule has 2 aromatic rings. The molecule has 0 aliphatic heterocycles. The van der Waals surface area contributed by atoms with Crippen LogP contribution in [0.2, 0.25) is 0 Å². The number of hydrogen-bond acceptors (Lipinski definition) is 3. The Balaban J connectivity index is 2.21. The van der Waals surface area contributed by atoms with Crippen molar-refractivity contribution in [2.75, 3.05) is 6.54 Å². The summed E-state index contributed by atoms with van der Waals surface area (Å²) in [6.45, 7) is -0.592. The van der Waals surface area contributed by atoms with E-state index in [0.717, 1.165) is 0 Å². The van der Waals surface area contributed by atoms with Gasteiger partial charge in [0.15, 0.2) is 0 Å². The average molecular weight is 282 g/mol. The van der Waals surface area contributed by atoms with Gasteiger partial charge in [-0.1, -0.05) is 18.2 Å². The smallest absolute Gasteiger partial charge is 0.267 e. The van der Waals surface area contributed by atoms with Gasteiger partial charge in [0, 0.05) is 11.9 Å². The molecule has 0 aliphatic carbocycles. The second-order valence-corrected chi connectivity index (χ2v) is 4.21. The first-order valence-corrected chi connectivity index (χ1v) is 5.85. The fourth-order valence-electron chi connectivity index (χ4n) is 1.71. The molecule has 0 bridgehead atoms. The Hall–Kier alpha value is -2.28. The number of aliphatic hydroxyl groups is 1. The minimum atomic E-state index is -2.94. The van der Waals surface area contributed by atoms with Crippen LogP contribution in [0.3, 0.4) is 0 Å². The summed E-state index contributed by atoms with van der Waals surface area (Å²) in [5.41, 5.74) is -0.488. The highest BCUT2D eigenvalue weighted by Gasteiger charge is 2.18. The number of H-pyrrole nitrogens is 1. The predicted molar refractivity (Wildman–Crippen MR) is 68.9 cm³/mol. The Morgan fingerprint density at radius 3 is 2.75 bits per heavy atom. The van der Waals surface area contributed by atoms with Crippen LogP contribution in [0.5, 0.6) is 0 Å². The van der Waals surface area contributed by atoms with Crippen molar-refractivity contribution in [3.05, 3.63) is 46.4 Å². The van der Waals surface area contributed by atoms with E-state index in [-0.39, 0.29) is 5.69 Å². The summed E-state index contributed by atoms with van der Waals surface area (Å²) in [5.74, 6) is -0.729. The molecule has 0 radical (unpaired) electrons. The summed E-state index contributed by atoms with van der Waals surface area (Å²) >= 11 is 0. The monoisotopic (exact) mass is 282 g/mol. The second-order valence-electron chi connectivity index (χ2n) is 4.21. The summed E-state index contributed by atoms with van der Waals surface area (Å²) in [5, 5.41) is 12.0. The highest BCUT2D eigenvalue weighted by molar-refractivity contribution is 5.96. The predicted octanol–water partition coefficient (Wildman–Crippen LogP) is 0.884. The van der Waals surface area contributed by atoms with Gasteiger partial charge in [-0.05, 0) is 17.5 Å². The van der Waals surface area contributed by atoms with Crippen molar-refractivity contribution in [1.29, 1.82) is 0 Å². The number of amides is 1. The number of hydrogen-bond donors (Lipinski definition) is 3. The van der Waals surface area contributed by atoms with Crippen LogP contribution in [0, 0.1) is 0 Å². The van der Waals surface area contributed by atoms with E-state index >= 15 is 0 Å². The topological polar surface area (TPSA) is 82.2 Å². The molecule has 0 spiro atoms. The zero-order valence-electron chi connectivity index (χ0n) is 10.3. The van der Waals surface area contributed by atoms with E-state index in [1.54, 1.807) is 24.3 Å². The van der Waals surface area contributed by atoms with E-state index in [1.165, 1.54) is 6.07 Å². The van der Waals surface area contributed by atoms with Crippen LogP contribution < -0.4 is 10.9 Å². The molecule has 1 aromatic heterocycles.